The van der Waals surface area contributed by atoms with E-state index in [1.807, 2.05) is 12.1 Å². The molecule has 1 aliphatic heterocycles. The number of nitrogens with one attached hydrogen (secondary N) is 2. The number of rotatable bonds is 4. The Morgan fingerprint density at radius 1 is 1.44 bits per heavy atom. The summed E-state index contributed by atoms with van der Waals surface area (Å²) < 4.78 is 13.7. The number of carbonyl (C=O) groups is 1. The maximum Gasteiger partial charge on any atom is 0.238 e. The first kappa shape index (κ1) is 19.6. The van der Waals surface area contributed by atoms with Crippen LogP contribution in [0.2, 0.25) is 5.02 Å². The summed E-state index contributed by atoms with van der Waals surface area (Å²) in [4.78, 5) is 18.5. The summed E-state index contributed by atoms with van der Waals surface area (Å²) in [5, 5.41) is 6.30. The van der Waals surface area contributed by atoms with Crippen molar-refractivity contribution in [2.75, 3.05) is 31.5 Å². The predicted octanol–water partition coefficient (Wildman–Crippen LogP) is 2.88. The van der Waals surface area contributed by atoms with Gasteiger partial charge in [-0.25, -0.2) is 4.39 Å². The van der Waals surface area contributed by atoms with E-state index in [1.54, 1.807) is 12.4 Å². The monoisotopic (exact) mass is 384 g/mol. The van der Waals surface area contributed by atoms with Crippen LogP contribution < -0.4 is 10.6 Å². The van der Waals surface area contributed by atoms with Gasteiger partial charge in [0.2, 0.25) is 5.91 Å². The van der Waals surface area contributed by atoms with E-state index in [4.69, 9.17) is 11.6 Å². The Balaban J connectivity index is 0.00000225. The van der Waals surface area contributed by atoms with Gasteiger partial charge in [-0.1, -0.05) is 17.7 Å². The number of aromatic nitrogens is 1. The van der Waals surface area contributed by atoms with Gasteiger partial charge in [0.1, 0.15) is 5.82 Å². The van der Waals surface area contributed by atoms with Crippen molar-refractivity contribution in [3.05, 3.63) is 59.1 Å². The fourth-order valence-corrected chi connectivity index (χ4v) is 2.98. The Morgan fingerprint density at radius 3 is 3.04 bits per heavy atom. The van der Waals surface area contributed by atoms with Crippen LogP contribution in [-0.2, 0) is 4.79 Å². The predicted molar refractivity (Wildman–Crippen MR) is 98.7 cm³/mol. The van der Waals surface area contributed by atoms with Crippen molar-refractivity contribution in [1.29, 1.82) is 0 Å². The maximum absolute atomic E-state index is 13.7. The standard InChI is InChI=1S/C17H18ClFN4O.ClH/c18-13-3-4-14(19)15(8-13)22-17(24)11-23-7-6-21-10-16(23)12-2-1-5-20-9-12;/h1-5,8-9,16,21H,6-7,10-11H2,(H,22,24);1H. The summed E-state index contributed by atoms with van der Waals surface area (Å²) in [7, 11) is 0. The highest BCUT2D eigenvalue weighted by Gasteiger charge is 2.25. The molecule has 8 heteroatoms. The molecule has 1 atom stereocenters. The summed E-state index contributed by atoms with van der Waals surface area (Å²) in [5.74, 6) is -0.774. The highest BCUT2D eigenvalue weighted by Crippen LogP contribution is 2.22. The average molecular weight is 385 g/mol. The molecule has 0 radical (unpaired) electrons. The number of hydrogen-bond donors (Lipinski definition) is 2. The van der Waals surface area contributed by atoms with Crippen LogP contribution in [0, 0.1) is 5.82 Å². The van der Waals surface area contributed by atoms with Crippen LogP contribution in [0.3, 0.4) is 0 Å². The van der Waals surface area contributed by atoms with E-state index in [0.717, 1.165) is 25.2 Å². The lowest BCUT2D eigenvalue weighted by Crippen LogP contribution is -2.48. The van der Waals surface area contributed by atoms with Crippen LogP contribution in [0.5, 0.6) is 0 Å². The molecule has 2 heterocycles. The average Bonchev–Trinajstić information content (AvgIpc) is 2.59. The van der Waals surface area contributed by atoms with Crippen molar-refractivity contribution in [3.63, 3.8) is 0 Å². The quantitative estimate of drug-likeness (QED) is 0.850. The van der Waals surface area contributed by atoms with E-state index in [1.165, 1.54) is 18.2 Å². The minimum atomic E-state index is -0.503. The van der Waals surface area contributed by atoms with Crippen LogP contribution in [0.1, 0.15) is 11.6 Å². The second kappa shape index (κ2) is 9.10. The molecule has 0 spiro atoms. The number of benzene rings is 1. The van der Waals surface area contributed by atoms with Gasteiger partial charge in [0.15, 0.2) is 0 Å². The number of amides is 1. The van der Waals surface area contributed by atoms with Gasteiger partial charge in [-0.05, 0) is 29.8 Å². The molecule has 1 aromatic heterocycles. The summed E-state index contributed by atoms with van der Waals surface area (Å²) in [5.41, 5.74) is 1.15. The first-order valence-corrected chi connectivity index (χ1v) is 8.11. The molecule has 0 bridgehead atoms. The van der Waals surface area contributed by atoms with Gasteiger partial charge in [0, 0.05) is 43.1 Å². The van der Waals surface area contributed by atoms with E-state index >= 15 is 0 Å². The van der Waals surface area contributed by atoms with Crippen LogP contribution in [0.15, 0.2) is 42.7 Å². The molecule has 1 saturated heterocycles. The molecular formula is C17H19Cl2FN4O. The van der Waals surface area contributed by atoms with Gasteiger partial charge in [0.25, 0.3) is 0 Å². The van der Waals surface area contributed by atoms with Gasteiger partial charge in [0.05, 0.1) is 12.2 Å². The molecular weight excluding hydrogens is 366 g/mol. The molecule has 134 valence electrons. The molecule has 3 rings (SSSR count). The lowest BCUT2D eigenvalue weighted by atomic mass is 10.1. The molecule has 1 fully saturated rings. The Hall–Kier alpha value is -1.73. The molecule has 1 unspecified atom stereocenters. The third kappa shape index (κ3) is 5.12. The highest BCUT2D eigenvalue weighted by atomic mass is 35.5. The number of piperazine rings is 1. The first-order chi connectivity index (χ1) is 11.6. The fraction of sp³-hybridized carbons (Fsp3) is 0.294. The van der Waals surface area contributed by atoms with E-state index in [9.17, 15) is 9.18 Å². The first-order valence-electron chi connectivity index (χ1n) is 7.73. The number of halogens is 3. The number of hydrogen-bond acceptors (Lipinski definition) is 4. The van der Waals surface area contributed by atoms with Gasteiger partial charge >= 0.3 is 0 Å². The normalized spacial score (nSPS) is 17.6. The van der Waals surface area contributed by atoms with Gasteiger partial charge in [-0.3, -0.25) is 14.7 Å². The Labute approximate surface area is 157 Å². The highest BCUT2D eigenvalue weighted by molar-refractivity contribution is 6.30. The molecule has 5 nitrogen and oxygen atoms in total. The molecule has 2 aromatic rings. The molecule has 25 heavy (non-hydrogen) atoms. The topological polar surface area (TPSA) is 57.3 Å². The van der Waals surface area contributed by atoms with Crippen molar-refractivity contribution < 1.29 is 9.18 Å². The minimum Gasteiger partial charge on any atom is -0.322 e. The second-order valence-electron chi connectivity index (χ2n) is 5.65. The second-order valence-corrected chi connectivity index (χ2v) is 6.09. The smallest absolute Gasteiger partial charge is 0.238 e. The molecule has 1 amide bonds. The number of nitrogens with zero attached hydrogens (tertiary/aromatic N) is 2. The summed E-state index contributed by atoms with van der Waals surface area (Å²) >= 11 is 5.85. The van der Waals surface area contributed by atoms with Crippen LogP contribution >= 0.6 is 24.0 Å². The largest absolute Gasteiger partial charge is 0.322 e. The zero-order chi connectivity index (χ0) is 16.9. The van der Waals surface area contributed by atoms with Crippen LogP contribution in [-0.4, -0.2) is 42.0 Å². The molecule has 2 N–H and O–H groups in total. The molecule has 0 saturated carbocycles. The van der Waals surface area contributed by atoms with Crippen molar-refractivity contribution in [3.8, 4) is 0 Å². The van der Waals surface area contributed by atoms with E-state index in [2.05, 4.69) is 20.5 Å². The lowest BCUT2D eigenvalue weighted by molar-refractivity contribution is -0.118. The van der Waals surface area contributed by atoms with Crippen molar-refractivity contribution in [1.82, 2.24) is 15.2 Å². The van der Waals surface area contributed by atoms with Gasteiger partial charge in [-0.15, -0.1) is 12.4 Å². The number of pyridine rings is 1. The summed E-state index contributed by atoms with van der Waals surface area (Å²) in [6.07, 6.45) is 3.53. The Morgan fingerprint density at radius 2 is 2.28 bits per heavy atom. The van der Waals surface area contributed by atoms with E-state index in [0.29, 0.717) is 5.02 Å². The van der Waals surface area contributed by atoms with Crippen LogP contribution in [0.25, 0.3) is 0 Å². The van der Waals surface area contributed by atoms with E-state index < -0.39 is 5.82 Å². The van der Waals surface area contributed by atoms with Crippen molar-refractivity contribution in [2.45, 2.75) is 6.04 Å². The third-order valence-electron chi connectivity index (χ3n) is 3.97. The zero-order valence-corrected chi connectivity index (χ0v) is 15.0. The number of carbonyl (C=O) groups excluding carboxylic acids is 1. The summed E-state index contributed by atoms with van der Waals surface area (Å²) in [6.45, 7) is 2.44. The Bertz CT molecular complexity index is 717. The Kier molecular flexibility index (Phi) is 7.13. The third-order valence-corrected chi connectivity index (χ3v) is 4.21. The van der Waals surface area contributed by atoms with Gasteiger partial charge < -0.3 is 10.6 Å². The van der Waals surface area contributed by atoms with Crippen molar-refractivity contribution >= 4 is 35.6 Å². The zero-order valence-electron chi connectivity index (χ0n) is 13.4. The van der Waals surface area contributed by atoms with E-state index in [-0.39, 0.29) is 36.6 Å². The van der Waals surface area contributed by atoms with Crippen LogP contribution in [0.4, 0.5) is 10.1 Å². The summed E-state index contributed by atoms with van der Waals surface area (Å²) in [6, 6.07) is 8.02. The molecule has 0 aliphatic carbocycles. The number of anilines is 1. The van der Waals surface area contributed by atoms with Gasteiger partial charge in [-0.2, -0.15) is 0 Å². The fourth-order valence-electron chi connectivity index (χ4n) is 2.80. The maximum atomic E-state index is 13.7. The van der Waals surface area contributed by atoms with Crippen molar-refractivity contribution in [2.24, 2.45) is 0 Å². The minimum absolute atomic E-state index is 0. The molecule has 1 aromatic carbocycles. The molecule has 1 aliphatic rings. The SMILES string of the molecule is Cl.O=C(CN1CCNCC1c1cccnc1)Nc1cc(Cl)ccc1F. The lowest BCUT2D eigenvalue weighted by Gasteiger charge is -2.35.